The SMILES string of the molecule is O=C(COC(=O)c1cn[nH]c1-c1ccccc1)Nc1ccc(OC(F)F)c(Cl)c1. The Kier molecular flexibility index (Phi) is 6.40. The van der Waals surface area contributed by atoms with E-state index in [1.165, 1.54) is 24.4 Å². The number of aromatic amines is 1. The Morgan fingerprint density at radius 2 is 1.93 bits per heavy atom. The number of nitrogens with zero attached hydrogens (tertiary/aromatic N) is 1. The summed E-state index contributed by atoms with van der Waals surface area (Å²) in [5.41, 5.74) is 1.62. The summed E-state index contributed by atoms with van der Waals surface area (Å²) in [5.74, 6) is -1.59. The van der Waals surface area contributed by atoms with Gasteiger partial charge in [-0.2, -0.15) is 13.9 Å². The largest absolute Gasteiger partial charge is 0.452 e. The second-order valence-corrected chi connectivity index (χ2v) is 6.08. The van der Waals surface area contributed by atoms with Crippen LogP contribution in [0.5, 0.6) is 5.75 Å². The van der Waals surface area contributed by atoms with Crippen LogP contribution in [0.2, 0.25) is 5.02 Å². The van der Waals surface area contributed by atoms with Crippen molar-refractivity contribution in [3.63, 3.8) is 0 Å². The number of carbonyl (C=O) groups is 2. The molecule has 0 aliphatic carbocycles. The highest BCUT2D eigenvalue weighted by molar-refractivity contribution is 6.32. The number of hydrogen-bond donors (Lipinski definition) is 2. The van der Waals surface area contributed by atoms with Gasteiger partial charge in [-0.1, -0.05) is 41.9 Å². The van der Waals surface area contributed by atoms with Gasteiger partial charge in [0.05, 0.1) is 16.9 Å². The molecule has 0 atom stereocenters. The minimum absolute atomic E-state index is 0.106. The number of benzene rings is 2. The Labute approximate surface area is 168 Å². The summed E-state index contributed by atoms with van der Waals surface area (Å²) >= 11 is 5.82. The quantitative estimate of drug-likeness (QED) is 0.559. The molecule has 1 amide bonds. The Morgan fingerprint density at radius 3 is 2.62 bits per heavy atom. The lowest BCUT2D eigenvalue weighted by atomic mass is 10.1. The van der Waals surface area contributed by atoms with Gasteiger partial charge in [-0.3, -0.25) is 9.89 Å². The van der Waals surface area contributed by atoms with E-state index in [9.17, 15) is 18.4 Å². The fourth-order valence-corrected chi connectivity index (χ4v) is 2.67. The Morgan fingerprint density at radius 1 is 1.17 bits per heavy atom. The molecule has 1 aromatic heterocycles. The van der Waals surface area contributed by atoms with Crippen molar-refractivity contribution in [1.82, 2.24) is 10.2 Å². The molecule has 0 spiro atoms. The van der Waals surface area contributed by atoms with Crippen LogP contribution in [-0.2, 0) is 9.53 Å². The number of amides is 1. The number of ether oxygens (including phenoxy) is 2. The number of H-pyrrole nitrogens is 1. The normalized spacial score (nSPS) is 10.6. The number of carbonyl (C=O) groups excluding carboxylic acids is 2. The van der Waals surface area contributed by atoms with Crippen LogP contribution in [0.15, 0.2) is 54.7 Å². The van der Waals surface area contributed by atoms with Crippen molar-refractivity contribution < 1.29 is 27.8 Å². The molecule has 10 heteroatoms. The van der Waals surface area contributed by atoms with Crippen molar-refractivity contribution in [3.05, 3.63) is 65.3 Å². The van der Waals surface area contributed by atoms with E-state index in [1.54, 1.807) is 12.1 Å². The third-order valence-corrected chi connectivity index (χ3v) is 3.98. The van der Waals surface area contributed by atoms with Gasteiger partial charge in [0, 0.05) is 11.3 Å². The summed E-state index contributed by atoms with van der Waals surface area (Å²) < 4.78 is 33.7. The molecule has 29 heavy (non-hydrogen) atoms. The number of halogens is 3. The first-order valence-electron chi connectivity index (χ1n) is 8.24. The van der Waals surface area contributed by atoms with Gasteiger partial charge in [0.1, 0.15) is 11.3 Å². The molecule has 1 heterocycles. The molecule has 3 rings (SSSR count). The van der Waals surface area contributed by atoms with Crippen LogP contribution >= 0.6 is 11.6 Å². The summed E-state index contributed by atoms with van der Waals surface area (Å²) in [5, 5.41) is 8.91. The van der Waals surface area contributed by atoms with Crippen LogP contribution in [0.25, 0.3) is 11.3 Å². The van der Waals surface area contributed by atoms with E-state index in [4.69, 9.17) is 16.3 Å². The second-order valence-electron chi connectivity index (χ2n) is 5.67. The number of nitrogens with one attached hydrogen (secondary N) is 2. The maximum atomic E-state index is 12.3. The van der Waals surface area contributed by atoms with Gasteiger partial charge in [0.2, 0.25) is 0 Å². The fraction of sp³-hybridized carbons (Fsp3) is 0.105. The third kappa shape index (κ3) is 5.29. The zero-order chi connectivity index (χ0) is 20.8. The summed E-state index contributed by atoms with van der Waals surface area (Å²) in [6, 6.07) is 12.8. The number of esters is 1. The number of rotatable bonds is 7. The maximum absolute atomic E-state index is 12.3. The highest BCUT2D eigenvalue weighted by Crippen LogP contribution is 2.29. The van der Waals surface area contributed by atoms with Gasteiger partial charge in [-0.05, 0) is 18.2 Å². The Balaban J connectivity index is 1.58. The van der Waals surface area contributed by atoms with Crippen LogP contribution in [0, 0.1) is 0 Å². The molecule has 0 fully saturated rings. The first-order chi connectivity index (χ1) is 13.9. The van der Waals surface area contributed by atoms with Gasteiger partial charge < -0.3 is 14.8 Å². The molecule has 0 aliphatic heterocycles. The molecule has 7 nitrogen and oxygen atoms in total. The van der Waals surface area contributed by atoms with E-state index in [2.05, 4.69) is 20.3 Å². The standard InChI is InChI=1S/C19H14ClF2N3O4/c20-14-8-12(6-7-15(14)29-19(21)22)24-16(26)10-28-18(27)13-9-23-25-17(13)11-4-2-1-3-5-11/h1-9,19H,10H2,(H,23,25)(H,24,26). The zero-order valence-electron chi connectivity index (χ0n) is 14.7. The van der Waals surface area contributed by atoms with Gasteiger partial charge in [0.25, 0.3) is 5.91 Å². The molecular weight excluding hydrogens is 408 g/mol. The monoisotopic (exact) mass is 421 g/mol. The molecule has 0 saturated heterocycles. The van der Waals surface area contributed by atoms with Crippen molar-refractivity contribution in [2.45, 2.75) is 6.61 Å². The van der Waals surface area contributed by atoms with Crippen LogP contribution in [0.3, 0.4) is 0 Å². The van der Waals surface area contributed by atoms with E-state index in [-0.39, 0.29) is 22.0 Å². The van der Waals surface area contributed by atoms with Crippen LogP contribution in [-0.4, -0.2) is 35.3 Å². The fourth-order valence-electron chi connectivity index (χ4n) is 2.44. The maximum Gasteiger partial charge on any atom is 0.387 e. The molecule has 2 N–H and O–H groups in total. The number of hydrogen-bond acceptors (Lipinski definition) is 5. The van der Waals surface area contributed by atoms with Gasteiger partial charge >= 0.3 is 12.6 Å². The summed E-state index contributed by atoms with van der Waals surface area (Å²) in [6.45, 7) is -3.58. The molecule has 0 aliphatic rings. The number of aromatic nitrogens is 2. The van der Waals surface area contributed by atoms with E-state index in [0.717, 1.165) is 5.56 Å². The minimum atomic E-state index is -3.02. The first kappa shape index (κ1) is 20.3. The number of anilines is 1. The molecule has 0 saturated carbocycles. The minimum Gasteiger partial charge on any atom is -0.452 e. The van der Waals surface area contributed by atoms with E-state index >= 15 is 0 Å². The lowest BCUT2D eigenvalue weighted by Gasteiger charge is -2.10. The van der Waals surface area contributed by atoms with Crippen LogP contribution in [0.4, 0.5) is 14.5 Å². The van der Waals surface area contributed by atoms with Crippen molar-refractivity contribution >= 4 is 29.2 Å². The highest BCUT2D eigenvalue weighted by Gasteiger charge is 2.18. The summed E-state index contributed by atoms with van der Waals surface area (Å²) in [7, 11) is 0. The lowest BCUT2D eigenvalue weighted by molar-refractivity contribution is -0.119. The van der Waals surface area contributed by atoms with E-state index in [0.29, 0.717) is 5.69 Å². The molecule has 150 valence electrons. The molecule has 0 radical (unpaired) electrons. The predicted octanol–water partition coefficient (Wildman–Crippen LogP) is 4.13. The lowest BCUT2D eigenvalue weighted by Crippen LogP contribution is -2.21. The summed E-state index contributed by atoms with van der Waals surface area (Å²) in [4.78, 5) is 24.3. The number of alkyl halides is 2. The van der Waals surface area contributed by atoms with E-state index in [1.807, 2.05) is 18.2 Å². The average molecular weight is 422 g/mol. The van der Waals surface area contributed by atoms with Crippen molar-refractivity contribution in [1.29, 1.82) is 0 Å². The molecule has 3 aromatic rings. The molecule has 0 bridgehead atoms. The van der Waals surface area contributed by atoms with Crippen molar-refractivity contribution in [2.75, 3.05) is 11.9 Å². The van der Waals surface area contributed by atoms with Crippen LogP contribution in [0.1, 0.15) is 10.4 Å². The third-order valence-electron chi connectivity index (χ3n) is 3.69. The van der Waals surface area contributed by atoms with Crippen LogP contribution < -0.4 is 10.1 Å². The summed E-state index contributed by atoms with van der Waals surface area (Å²) in [6.07, 6.45) is 1.31. The zero-order valence-corrected chi connectivity index (χ0v) is 15.5. The van der Waals surface area contributed by atoms with Gasteiger partial charge in [0.15, 0.2) is 6.61 Å². The Hall–Kier alpha value is -3.46. The first-order valence-corrected chi connectivity index (χ1v) is 8.62. The van der Waals surface area contributed by atoms with E-state index < -0.39 is 25.1 Å². The Bertz CT molecular complexity index is 1010. The molecule has 0 unspecified atom stereocenters. The highest BCUT2D eigenvalue weighted by atomic mass is 35.5. The molecule has 2 aromatic carbocycles. The van der Waals surface area contributed by atoms with Crippen molar-refractivity contribution in [3.8, 4) is 17.0 Å². The smallest absolute Gasteiger partial charge is 0.387 e. The average Bonchev–Trinajstić information content (AvgIpc) is 3.19. The predicted molar refractivity (Wildman–Crippen MR) is 101 cm³/mol. The second kappa shape index (κ2) is 9.16. The van der Waals surface area contributed by atoms with Gasteiger partial charge in [-0.15, -0.1) is 0 Å². The topological polar surface area (TPSA) is 93.3 Å². The van der Waals surface area contributed by atoms with Crippen molar-refractivity contribution in [2.24, 2.45) is 0 Å². The van der Waals surface area contributed by atoms with Gasteiger partial charge in [-0.25, -0.2) is 4.79 Å². The molecular formula is C19H14ClF2N3O4.